The van der Waals surface area contributed by atoms with E-state index in [1.807, 2.05) is 42.5 Å². The summed E-state index contributed by atoms with van der Waals surface area (Å²) < 4.78 is 55.8. The topological polar surface area (TPSA) is 55.9 Å². The Morgan fingerprint density at radius 2 is 1.72 bits per heavy atom. The van der Waals surface area contributed by atoms with E-state index < -0.39 is 35.9 Å². The molecule has 0 radical (unpaired) electrons. The molecule has 46 heavy (non-hydrogen) atoms. The van der Waals surface area contributed by atoms with Gasteiger partial charge >= 0.3 is 6.18 Å². The molecule has 4 aliphatic rings. The molecule has 2 aromatic carbocycles. The Morgan fingerprint density at radius 3 is 2.43 bits per heavy atom. The molecule has 3 aliphatic heterocycles. The first-order chi connectivity index (χ1) is 22.1. The van der Waals surface area contributed by atoms with Crippen molar-refractivity contribution < 1.29 is 27.2 Å². The van der Waals surface area contributed by atoms with Crippen LogP contribution in [0.4, 0.5) is 28.9 Å². The van der Waals surface area contributed by atoms with Crippen LogP contribution < -0.4 is 10.2 Å². The smallest absolute Gasteiger partial charge is 0.371 e. The molecule has 0 saturated carbocycles. The Kier molecular flexibility index (Phi) is 9.54. The van der Waals surface area contributed by atoms with Gasteiger partial charge in [0.1, 0.15) is 11.9 Å². The van der Waals surface area contributed by atoms with Gasteiger partial charge in [-0.3, -0.25) is 14.5 Å². The maximum absolute atomic E-state index is 15.1. The monoisotopic (exact) mass is 638 g/mol. The van der Waals surface area contributed by atoms with E-state index >= 15 is 4.39 Å². The number of nitrogens with zero attached hydrogens (tertiary/aromatic N) is 3. The van der Waals surface area contributed by atoms with Gasteiger partial charge in [-0.1, -0.05) is 36.4 Å². The number of carbonyl (C=O) groups is 2. The third-order valence-electron chi connectivity index (χ3n) is 10.0. The predicted molar refractivity (Wildman–Crippen MR) is 171 cm³/mol. The van der Waals surface area contributed by atoms with Crippen LogP contribution in [0.5, 0.6) is 0 Å². The zero-order valence-electron chi connectivity index (χ0n) is 26.2. The number of allylic oxidation sites excluding steroid dienone is 1. The van der Waals surface area contributed by atoms with Crippen LogP contribution >= 0.6 is 0 Å². The van der Waals surface area contributed by atoms with Crippen molar-refractivity contribution in [2.45, 2.75) is 70.1 Å². The number of aryl methyl sites for hydroxylation is 1. The van der Waals surface area contributed by atoms with E-state index in [0.29, 0.717) is 56.6 Å². The number of rotatable bonds is 7. The van der Waals surface area contributed by atoms with Crippen molar-refractivity contribution in [1.82, 2.24) is 9.80 Å². The summed E-state index contributed by atoms with van der Waals surface area (Å²) in [5, 5.41) is 3.10. The van der Waals surface area contributed by atoms with Crippen molar-refractivity contribution in [3.05, 3.63) is 83.2 Å². The number of nitrogens with one attached hydrogen (secondary N) is 1. The van der Waals surface area contributed by atoms with Crippen molar-refractivity contribution in [2.75, 3.05) is 42.9 Å². The van der Waals surface area contributed by atoms with Crippen LogP contribution in [-0.4, -0.2) is 72.6 Å². The van der Waals surface area contributed by atoms with Gasteiger partial charge in [0, 0.05) is 37.6 Å². The van der Waals surface area contributed by atoms with Gasteiger partial charge in [0.15, 0.2) is 0 Å². The summed E-state index contributed by atoms with van der Waals surface area (Å²) in [6, 6.07) is 10.3. The van der Waals surface area contributed by atoms with Crippen LogP contribution in [0.25, 0.3) is 0 Å². The third-order valence-corrected chi connectivity index (χ3v) is 10.0. The molecule has 6 nitrogen and oxygen atoms in total. The third kappa shape index (κ3) is 6.87. The maximum Gasteiger partial charge on any atom is 0.404 e. The molecule has 3 heterocycles. The fraction of sp³-hybridized carbons (Fsp3) is 0.500. The molecule has 1 N–H and O–H groups in total. The Hall–Kier alpha value is -3.66. The van der Waals surface area contributed by atoms with E-state index in [2.05, 4.69) is 10.2 Å². The summed E-state index contributed by atoms with van der Waals surface area (Å²) in [4.78, 5) is 33.5. The lowest BCUT2D eigenvalue weighted by molar-refractivity contribution is -0.176. The molecule has 2 amide bonds. The van der Waals surface area contributed by atoms with Crippen molar-refractivity contribution >= 4 is 23.2 Å². The molecule has 0 spiro atoms. The van der Waals surface area contributed by atoms with Crippen LogP contribution in [0.2, 0.25) is 0 Å². The first-order valence-electron chi connectivity index (χ1n) is 16.5. The highest BCUT2D eigenvalue weighted by Gasteiger charge is 2.46. The van der Waals surface area contributed by atoms with Crippen molar-refractivity contribution in [3.63, 3.8) is 0 Å². The molecule has 0 bridgehead atoms. The lowest BCUT2D eigenvalue weighted by Crippen LogP contribution is -2.53. The van der Waals surface area contributed by atoms with E-state index in [9.17, 15) is 22.8 Å². The molecule has 1 aliphatic carbocycles. The van der Waals surface area contributed by atoms with Gasteiger partial charge in [-0.25, -0.2) is 4.39 Å². The van der Waals surface area contributed by atoms with Gasteiger partial charge in [0.2, 0.25) is 5.91 Å². The average molecular weight is 639 g/mol. The van der Waals surface area contributed by atoms with Crippen LogP contribution in [-0.2, 0) is 4.79 Å². The predicted octanol–water partition coefficient (Wildman–Crippen LogP) is 7.12. The summed E-state index contributed by atoms with van der Waals surface area (Å²) >= 11 is 0. The Morgan fingerprint density at radius 1 is 0.957 bits per heavy atom. The summed E-state index contributed by atoms with van der Waals surface area (Å²) in [7, 11) is 0. The second kappa shape index (κ2) is 13.6. The minimum Gasteiger partial charge on any atom is -0.371 e. The summed E-state index contributed by atoms with van der Waals surface area (Å²) in [5.41, 5.74) is 3.01. The molecule has 3 saturated heterocycles. The van der Waals surface area contributed by atoms with Gasteiger partial charge in [0.05, 0.1) is 17.5 Å². The SMILES string of the molecule is Cc1cccc(F)c1C(=O)N1CCCC(C(=O)Nc2cccc(N3CCCC3)c2)[C@@H]1C1=CCC(CN2CCCC2C(F)(F)F)C=C1. The lowest BCUT2D eigenvalue weighted by atomic mass is 9.80. The molecule has 246 valence electrons. The van der Waals surface area contributed by atoms with E-state index in [0.717, 1.165) is 37.2 Å². The van der Waals surface area contributed by atoms with Crippen molar-refractivity contribution in [1.29, 1.82) is 0 Å². The minimum absolute atomic E-state index is 0.00244. The zero-order chi connectivity index (χ0) is 32.4. The number of piperidine rings is 1. The van der Waals surface area contributed by atoms with Gasteiger partial charge in [-0.2, -0.15) is 13.2 Å². The highest BCUT2D eigenvalue weighted by molar-refractivity contribution is 5.98. The van der Waals surface area contributed by atoms with E-state index in [4.69, 9.17) is 0 Å². The minimum atomic E-state index is -4.25. The van der Waals surface area contributed by atoms with Gasteiger partial charge in [0.25, 0.3) is 5.91 Å². The Bertz CT molecular complexity index is 1480. The first kappa shape index (κ1) is 32.3. The number of anilines is 2. The van der Waals surface area contributed by atoms with Crippen molar-refractivity contribution in [3.8, 4) is 0 Å². The second-order valence-electron chi connectivity index (χ2n) is 13.1. The van der Waals surface area contributed by atoms with Crippen LogP contribution in [0, 0.1) is 24.6 Å². The standard InChI is InChI=1S/C36H42F4N4O2/c1-24-8-4-12-30(37)32(24)35(46)44-21-6-11-29(34(45)41-27-9-5-10-28(22-27)42-18-2-3-19-42)33(44)26-16-14-25(15-17-26)23-43-20-7-13-31(43)36(38,39)40/h4-5,8-10,12,14,16-17,22,25,29,31,33H,2-3,6-7,11,13,15,18-21,23H2,1H3,(H,41,45)/t25?,29?,31?,33-/m0/s1. The summed E-state index contributed by atoms with van der Waals surface area (Å²) in [6.45, 7) is 4.73. The second-order valence-corrected chi connectivity index (χ2v) is 13.1. The number of hydrogen-bond donors (Lipinski definition) is 1. The molecule has 3 fully saturated rings. The summed E-state index contributed by atoms with van der Waals surface area (Å²) in [5.74, 6) is -2.00. The summed E-state index contributed by atoms with van der Waals surface area (Å²) in [6.07, 6.45) is 6.02. The first-order valence-corrected chi connectivity index (χ1v) is 16.5. The van der Waals surface area contributed by atoms with Crippen LogP contribution in [0.3, 0.4) is 0 Å². The highest BCUT2D eigenvalue weighted by atomic mass is 19.4. The largest absolute Gasteiger partial charge is 0.404 e. The quantitative estimate of drug-likeness (QED) is 0.328. The molecule has 4 atom stereocenters. The number of carbonyl (C=O) groups excluding carboxylic acids is 2. The average Bonchev–Trinajstić information content (AvgIpc) is 3.74. The van der Waals surface area contributed by atoms with Crippen molar-refractivity contribution in [2.24, 2.45) is 11.8 Å². The normalized spacial score (nSPS) is 25.5. The van der Waals surface area contributed by atoms with E-state index in [1.165, 1.54) is 11.0 Å². The molecule has 3 unspecified atom stereocenters. The number of likely N-dealkylation sites (tertiary alicyclic amines) is 2. The Balaban J connectivity index is 1.25. The molecule has 6 rings (SSSR count). The Labute approximate surface area is 268 Å². The molecule has 2 aromatic rings. The fourth-order valence-corrected chi connectivity index (χ4v) is 7.70. The maximum atomic E-state index is 15.1. The number of amides is 2. The molecule has 0 aromatic heterocycles. The van der Waals surface area contributed by atoms with Crippen LogP contribution in [0.15, 0.2) is 66.3 Å². The van der Waals surface area contributed by atoms with E-state index in [-0.39, 0.29) is 23.8 Å². The zero-order valence-corrected chi connectivity index (χ0v) is 26.2. The molecular formula is C36H42F4N4O2. The van der Waals surface area contributed by atoms with Gasteiger partial charge in [-0.15, -0.1) is 0 Å². The number of halogens is 4. The van der Waals surface area contributed by atoms with Gasteiger partial charge in [-0.05, 0) is 99.7 Å². The van der Waals surface area contributed by atoms with Crippen LogP contribution in [0.1, 0.15) is 60.9 Å². The number of benzene rings is 2. The highest BCUT2D eigenvalue weighted by Crippen LogP contribution is 2.37. The fourth-order valence-electron chi connectivity index (χ4n) is 7.70. The number of hydrogen-bond acceptors (Lipinski definition) is 4. The molecular weight excluding hydrogens is 596 g/mol. The van der Waals surface area contributed by atoms with Gasteiger partial charge < -0.3 is 15.1 Å². The van der Waals surface area contributed by atoms with E-state index in [1.54, 1.807) is 24.0 Å². The number of alkyl halides is 3. The molecule has 10 heteroatoms. The lowest BCUT2D eigenvalue weighted by Gasteiger charge is -2.42.